The highest BCUT2D eigenvalue weighted by Crippen LogP contribution is 2.44. The first-order valence-electron chi connectivity index (χ1n) is 4.81. The first kappa shape index (κ1) is 7.79. The molecular weight excluding hydrogens is 180 g/mol. The van der Waals surface area contributed by atoms with Crippen molar-refractivity contribution in [2.75, 3.05) is 36.0 Å². The number of benzene rings is 1. The fourth-order valence-corrected chi connectivity index (χ4v) is 1.65. The van der Waals surface area contributed by atoms with Gasteiger partial charge in [0.05, 0.1) is 11.4 Å². The molecule has 2 heterocycles. The molecule has 0 amide bonds. The van der Waals surface area contributed by atoms with Crippen LogP contribution in [0.1, 0.15) is 0 Å². The molecule has 2 aliphatic heterocycles. The first-order valence-corrected chi connectivity index (χ1v) is 4.81. The molecule has 2 N–H and O–H groups in total. The van der Waals surface area contributed by atoms with Crippen LogP contribution in [0.2, 0.25) is 0 Å². The van der Waals surface area contributed by atoms with Crippen LogP contribution in [0.25, 0.3) is 0 Å². The highest BCUT2D eigenvalue weighted by Gasteiger charge is 2.28. The van der Waals surface area contributed by atoms with Gasteiger partial charge in [-0.25, -0.2) is 0 Å². The van der Waals surface area contributed by atoms with Gasteiger partial charge < -0.3 is 20.0 Å². The maximum Gasteiger partial charge on any atom is 0.162 e. The minimum atomic E-state index is 0.228. The maximum absolute atomic E-state index is 9.94. The van der Waals surface area contributed by atoms with Gasteiger partial charge in [0.25, 0.3) is 0 Å². The van der Waals surface area contributed by atoms with Crippen molar-refractivity contribution < 1.29 is 10.2 Å². The van der Waals surface area contributed by atoms with Gasteiger partial charge in [-0.2, -0.15) is 0 Å². The summed E-state index contributed by atoms with van der Waals surface area (Å²) in [6.45, 7) is 3.87. The number of hydrogen-bond acceptors (Lipinski definition) is 4. The van der Waals surface area contributed by atoms with Crippen LogP contribution in [-0.4, -0.2) is 36.4 Å². The zero-order chi connectivity index (χ0) is 9.71. The predicted molar refractivity (Wildman–Crippen MR) is 54.2 cm³/mol. The second kappa shape index (κ2) is 2.47. The summed E-state index contributed by atoms with van der Waals surface area (Å²) in [6.07, 6.45) is 0. The number of hydrogen-bond donors (Lipinski definition) is 2. The van der Waals surface area contributed by atoms with E-state index in [1.807, 2.05) is 9.80 Å². The number of nitrogens with zero attached hydrogens (tertiary/aromatic N) is 2. The first-order chi connectivity index (χ1) is 6.75. The molecule has 0 radical (unpaired) electrons. The minimum Gasteiger partial charge on any atom is -0.508 e. The Kier molecular flexibility index (Phi) is 1.37. The zero-order valence-corrected chi connectivity index (χ0v) is 7.77. The molecule has 2 fully saturated rings. The highest BCUT2D eigenvalue weighted by molar-refractivity contribution is 5.77. The van der Waals surface area contributed by atoms with Gasteiger partial charge in [-0.1, -0.05) is 0 Å². The predicted octanol–water partition coefficient (Wildman–Crippen LogP) is 0.738. The van der Waals surface area contributed by atoms with E-state index in [-0.39, 0.29) is 5.75 Å². The maximum atomic E-state index is 9.94. The number of phenols is 2. The molecule has 0 aromatic heterocycles. The number of aromatic hydroxyl groups is 2. The lowest BCUT2D eigenvalue weighted by Crippen LogP contribution is -1.96. The second-order valence-corrected chi connectivity index (χ2v) is 3.81. The van der Waals surface area contributed by atoms with Gasteiger partial charge in [0.2, 0.25) is 0 Å². The zero-order valence-electron chi connectivity index (χ0n) is 7.77. The summed E-state index contributed by atoms with van der Waals surface area (Å²) in [5.74, 6) is 0.532. The Bertz CT molecular complexity index is 351. The Morgan fingerprint density at radius 1 is 0.857 bits per heavy atom. The summed E-state index contributed by atoms with van der Waals surface area (Å²) >= 11 is 0. The van der Waals surface area contributed by atoms with E-state index in [9.17, 15) is 10.2 Å². The van der Waals surface area contributed by atoms with E-state index in [4.69, 9.17) is 0 Å². The van der Waals surface area contributed by atoms with Crippen LogP contribution < -0.4 is 9.80 Å². The lowest BCUT2D eigenvalue weighted by atomic mass is 10.2. The van der Waals surface area contributed by atoms with E-state index in [0.717, 1.165) is 37.6 Å². The number of phenolic OH excluding ortho intramolecular Hbond substituents is 2. The van der Waals surface area contributed by atoms with Gasteiger partial charge >= 0.3 is 0 Å². The summed E-state index contributed by atoms with van der Waals surface area (Å²) in [6, 6.07) is 3.24. The van der Waals surface area contributed by atoms with Gasteiger partial charge in [-0.15, -0.1) is 0 Å². The molecule has 2 saturated heterocycles. The largest absolute Gasteiger partial charge is 0.508 e. The molecule has 0 atom stereocenters. The SMILES string of the molecule is Oc1cc(N2CC2)c(O)c(N2CC2)c1. The lowest BCUT2D eigenvalue weighted by molar-refractivity contribution is 0.462. The Hall–Kier alpha value is -1.58. The molecule has 0 bridgehead atoms. The summed E-state index contributed by atoms with van der Waals surface area (Å²) in [5, 5.41) is 19.4. The molecule has 14 heavy (non-hydrogen) atoms. The summed E-state index contributed by atoms with van der Waals surface area (Å²) in [4.78, 5) is 4.06. The molecule has 1 aromatic carbocycles. The average Bonchev–Trinajstić information content (AvgIpc) is 3.03. The van der Waals surface area contributed by atoms with Gasteiger partial charge in [0.1, 0.15) is 5.75 Å². The van der Waals surface area contributed by atoms with E-state index in [2.05, 4.69) is 0 Å². The molecule has 2 aliphatic rings. The second-order valence-electron chi connectivity index (χ2n) is 3.81. The quantitative estimate of drug-likeness (QED) is 0.536. The van der Waals surface area contributed by atoms with Crippen LogP contribution in [0.15, 0.2) is 12.1 Å². The topological polar surface area (TPSA) is 46.5 Å². The Morgan fingerprint density at radius 3 is 1.64 bits per heavy atom. The van der Waals surface area contributed by atoms with Gasteiger partial charge in [-0.05, 0) is 0 Å². The molecule has 4 nitrogen and oxygen atoms in total. The van der Waals surface area contributed by atoms with Gasteiger partial charge in [-0.3, -0.25) is 0 Å². The fraction of sp³-hybridized carbons (Fsp3) is 0.400. The third-order valence-electron chi connectivity index (χ3n) is 2.63. The fourth-order valence-electron chi connectivity index (χ4n) is 1.65. The van der Waals surface area contributed by atoms with Crippen molar-refractivity contribution >= 4 is 11.4 Å². The van der Waals surface area contributed by atoms with Crippen molar-refractivity contribution in [2.24, 2.45) is 0 Å². The third kappa shape index (κ3) is 1.14. The molecule has 3 rings (SSSR count). The van der Waals surface area contributed by atoms with Crippen molar-refractivity contribution in [3.8, 4) is 11.5 Å². The minimum absolute atomic E-state index is 0.228. The van der Waals surface area contributed by atoms with Crippen molar-refractivity contribution in [1.82, 2.24) is 0 Å². The van der Waals surface area contributed by atoms with Crippen LogP contribution in [0.5, 0.6) is 11.5 Å². The van der Waals surface area contributed by atoms with Crippen LogP contribution in [0.4, 0.5) is 11.4 Å². The average molecular weight is 192 g/mol. The Labute approximate surface area is 82.0 Å². The Balaban J connectivity index is 2.09. The van der Waals surface area contributed by atoms with E-state index in [1.165, 1.54) is 0 Å². The van der Waals surface area contributed by atoms with E-state index in [0.29, 0.717) is 5.75 Å². The standard InChI is InChI=1S/C10H12N2O2/c13-7-5-8(11-1-2-11)10(14)9(6-7)12-3-4-12/h5-6,13-14H,1-4H2. The van der Waals surface area contributed by atoms with Crippen LogP contribution in [0, 0.1) is 0 Å². The molecule has 0 unspecified atom stereocenters. The summed E-state index contributed by atoms with van der Waals surface area (Å²) in [5.41, 5.74) is 1.51. The molecule has 0 aliphatic carbocycles. The van der Waals surface area contributed by atoms with Crippen LogP contribution in [0.3, 0.4) is 0 Å². The van der Waals surface area contributed by atoms with Gasteiger partial charge in [0, 0.05) is 38.3 Å². The van der Waals surface area contributed by atoms with Crippen LogP contribution in [-0.2, 0) is 0 Å². The molecule has 0 saturated carbocycles. The molecular formula is C10H12N2O2. The smallest absolute Gasteiger partial charge is 0.162 e. The van der Waals surface area contributed by atoms with Crippen LogP contribution >= 0.6 is 0 Å². The van der Waals surface area contributed by atoms with Crippen molar-refractivity contribution in [3.05, 3.63) is 12.1 Å². The lowest BCUT2D eigenvalue weighted by Gasteiger charge is -2.12. The monoisotopic (exact) mass is 192 g/mol. The highest BCUT2D eigenvalue weighted by atomic mass is 16.3. The van der Waals surface area contributed by atoms with Crippen molar-refractivity contribution in [1.29, 1.82) is 0 Å². The normalized spacial score (nSPS) is 18.6. The number of anilines is 2. The summed E-state index contributed by atoms with van der Waals surface area (Å²) < 4.78 is 0. The number of rotatable bonds is 2. The van der Waals surface area contributed by atoms with E-state index in [1.54, 1.807) is 12.1 Å². The van der Waals surface area contributed by atoms with Gasteiger partial charge in [0.15, 0.2) is 5.75 Å². The molecule has 74 valence electrons. The van der Waals surface area contributed by atoms with E-state index < -0.39 is 0 Å². The summed E-state index contributed by atoms with van der Waals surface area (Å²) in [7, 11) is 0. The van der Waals surface area contributed by atoms with Crippen molar-refractivity contribution in [3.63, 3.8) is 0 Å². The molecule has 0 spiro atoms. The molecule has 4 heteroatoms. The Morgan fingerprint density at radius 2 is 1.29 bits per heavy atom. The molecule has 1 aromatic rings. The van der Waals surface area contributed by atoms with Crippen molar-refractivity contribution in [2.45, 2.75) is 0 Å². The third-order valence-corrected chi connectivity index (χ3v) is 2.63. The van der Waals surface area contributed by atoms with E-state index >= 15 is 0 Å².